The Labute approximate surface area is 109 Å². The van der Waals surface area contributed by atoms with E-state index in [4.69, 9.17) is 0 Å². The molecule has 0 atom stereocenters. The molecule has 1 heterocycles. The normalized spacial score (nSPS) is 11.1. The zero-order valence-electron chi connectivity index (χ0n) is 10.3. The average Bonchev–Trinajstić information content (AvgIpc) is 2.74. The van der Waals surface area contributed by atoms with E-state index in [1.54, 1.807) is 17.7 Å². The first kappa shape index (κ1) is 12.6. The molecule has 94 valence electrons. The maximum atomic E-state index is 13.8. The molecule has 0 fully saturated rings. The summed E-state index contributed by atoms with van der Waals surface area (Å²) in [4.78, 5) is 6.04. The van der Waals surface area contributed by atoms with Crippen LogP contribution in [0.25, 0.3) is 10.2 Å². The summed E-state index contributed by atoms with van der Waals surface area (Å²) in [6, 6.07) is 3.17. The lowest BCUT2D eigenvalue weighted by Crippen LogP contribution is -2.03. The summed E-state index contributed by atoms with van der Waals surface area (Å²) >= 11 is 1.42. The predicted molar refractivity (Wildman–Crippen MR) is 75.2 cm³/mol. The maximum absolute atomic E-state index is 13.8. The van der Waals surface area contributed by atoms with E-state index in [9.17, 15) is 4.39 Å². The van der Waals surface area contributed by atoms with Crippen molar-refractivity contribution in [1.29, 1.82) is 0 Å². The zero-order chi connectivity index (χ0) is 13.1. The van der Waals surface area contributed by atoms with E-state index in [1.165, 1.54) is 17.4 Å². The SMILES string of the molecule is C=C(/C=C\N(C)C)Nc1cc2ncsc2cc1F. The standard InChI is InChI=1S/C13H14FN3S/c1-9(4-5-17(2)3)16-11-7-12-13(6-10(11)14)18-8-15-12/h4-8,16H,1H2,2-3H3/b5-4-. The number of hydrogen-bond acceptors (Lipinski definition) is 4. The molecule has 2 rings (SSSR count). The molecule has 0 aliphatic rings. The summed E-state index contributed by atoms with van der Waals surface area (Å²) in [5.74, 6) is -0.300. The highest BCUT2D eigenvalue weighted by atomic mass is 32.1. The van der Waals surface area contributed by atoms with Gasteiger partial charge in [-0.05, 0) is 18.2 Å². The minimum absolute atomic E-state index is 0.300. The van der Waals surface area contributed by atoms with Crippen LogP contribution in [-0.2, 0) is 0 Å². The molecule has 2 aromatic rings. The topological polar surface area (TPSA) is 28.2 Å². The van der Waals surface area contributed by atoms with Gasteiger partial charge in [-0.2, -0.15) is 0 Å². The highest BCUT2D eigenvalue weighted by molar-refractivity contribution is 7.16. The van der Waals surface area contributed by atoms with Crippen LogP contribution >= 0.6 is 11.3 Å². The van der Waals surface area contributed by atoms with Crippen molar-refractivity contribution in [2.24, 2.45) is 0 Å². The minimum Gasteiger partial charge on any atom is -0.383 e. The van der Waals surface area contributed by atoms with E-state index in [-0.39, 0.29) is 5.82 Å². The van der Waals surface area contributed by atoms with Crippen molar-refractivity contribution in [2.75, 3.05) is 19.4 Å². The van der Waals surface area contributed by atoms with Gasteiger partial charge in [-0.15, -0.1) is 11.3 Å². The largest absolute Gasteiger partial charge is 0.383 e. The van der Waals surface area contributed by atoms with Crippen LogP contribution in [0.4, 0.5) is 10.1 Å². The van der Waals surface area contributed by atoms with Crippen molar-refractivity contribution in [2.45, 2.75) is 0 Å². The Morgan fingerprint density at radius 2 is 2.28 bits per heavy atom. The van der Waals surface area contributed by atoms with E-state index in [0.717, 1.165) is 10.2 Å². The first-order valence-corrected chi connectivity index (χ1v) is 6.27. The molecular formula is C13H14FN3S. The molecule has 1 N–H and O–H groups in total. The number of allylic oxidation sites excluding steroid dienone is 1. The van der Waals surface area contributed by atoms with Gasteiger partial charge in [0.2, 0.25) is 0 Å². The Morgan fingerprint density at radius 1 is 1.50 bits per heavy atom. The number of hydrogen-bond donors (Lipinski definition) is 1. The van der Waals surface area contributed by atoms with Crippen LogP contribution in [0.2, 0.25) is 0 Å². The van der Waals surface area contributed by atoms with Crippen LogP contribution in [0.5, 0.6) is 0 Å². The molecule has 1 aromatic carbocycles. The third kappa shape index (κ3) is 2.87. The molecule has 0 aliphatic heterocycles. The number of rotatable bonds is 4. The number of fused-ring (bicyclic) bond motifs is 1. The van der Waals surface area contributed by atoms with Gasteiger partial charge in [-0.3, -0.25) is 0 Å². The Morgan fingerprint density at radius 3 is 3.00 bits per heavy atom. The lowest BCUT2D eigenvalue weighted by atomic mass is 10.2. The second-order valence-electron chi connectivity index (χ2n) is 4.08. The third-order valence-electron chi connectivity index (χ3n) is 2.29. The van der Waals surface area contributed by atoms with Gasteiger partial charge in [-0.25, -0.2) is 9.37 Å². The molecular weight excluding hydrogens is 249 g/mol. The lowest BCUT2D eigenvalue weighted by molar-refractivity contribution is 0.563. The molecule has 0 bridgehead atoms. The molecule has 1 aromatic heterocycles. The molecule has 18 heavy (non-hydrogen) atoms. The fourth-order valence-corrected chi connectivity index (χ4v) is 2.11. The van der Waals surface area contributed by atoms with E-state index in [2.05, 4.69) is 16.9 Å². The molecule has 5 heteroatoms. The number of nitrogens with zero attached hydrogens (tertiary/aromatic N) is 2. The summed E-state index contributed by atoms with van der Waals surface area (Å²) in [5, 5.41) is 2.93. The van der Waals surface area contributed by atoms with E-state index >= 15 is 0 Å². The number of nitrogens with one attached hydrogen (secondary N) is 1. The number of halogens is 1. The molecule has 0 saturated heterocycles. The Balaban J connectivity index is 2.20. The van der Waals surface area contributed by atoms with Crippen LogP contribution in [-0.4, -0.2) is 24.0 Å². The zero-order valence-corrected chi connectivity index (χ0v) is 11.1. The van der Waals surface area contributed by atoms with Gasteiger partial charge in [0.05, 0.1) is 21.4 Å². The predicted octanol–water partition coefficient (Wildman–Crippen LogP) is 3.44. The summed E-state index contributed by atoms with van der Waals surface area (Å²) in [5.41, 5.74) is 3.50. The van der Waals surface area contributed by atoms with Gasteiger partial charge >= 0.3 is 0 Å². The summed E-state index contributed by atoms with van der Waals surface area (Å²) in [6.07, 6.45) is 3.62. The molecule has 0 saturated carbocycles. The fraction of sp³-hybridized carbons (Fsp3) is 0.154. The van der Waals surface area contributed by atoms with Crippen molar-refractivity contribution in [3.63, 3.8) is 0 Å². The number of benzene rings is 1. The monoisotopic (exact) mass is 263 g/mol. The average molecular weight is 263 g/mol. The van der Waals surface area contributed by atoms with Gasteiger partial charge < -0.3 is 10.2 Å². The molecule has 0 radical (unpaired) electrons. The first-order valence-electron chi connectivity index (χ1n) is 5.39. The molecule has 0 amide bonds. The molecule has 0 aliphatic carbocycles. The quantitative estimate of drug-likeness (QED) is 0.856. The van der Waals surface area contributed by atoms with Crippen LogP contribution in [0.15, 0.2) is 42.2 Å². The number of anilines is 1. The second kappa shape index (κ2) is 5.18. The smallest absolute Gasteiger partial charge is 0.148 e. The van der Waals surface area contributed by atoms with Crippen LogP contribution in [0.3, 0.4) is 0 Å². The van der Waals surface area contributed by atoms with Crippen molar-refractivity contribution in [3.05, 3.63) is 48.0 Å². The summed E-state index contributed by atoms with van der Waals surface area (Å²) in [7, 11) is 3.82. The molecule has 0 spiro atoms. The van der Waals surface area contributed by atoms with Gasteiger partial charge in [-0.1, -0.05) is 6.58 Å². The fourth-order valence-electron chi connectivity index (χ4n) is 1.43. The summed E-state index contributed by atoms with van der Waals surface area (Å²) in [6.45, 7) is 3.82. The van der Waals surface area contributed by atoms with Crippen LogP contribution in [0.1, 0.15) is 0 Å². The van der Waals surface area contributed by atoms with E-state index < -0.39 is 0 Å². The van der Waals surface area contributed by atoms with Gasteiger partial charge in [0.15, 0.2) is 0 Å². The Bertz CT molecular complexity index is 601. The first-order chi connectivity index (χ1) is 8.56. The maximum Gasteiger partial charge on any atom is 0.148 e. The second-order valence-corrected chi connectivity index (χ2v) is 4.97. The van der Waals surface area contributed by atoms with Gasteiger partial charge in [0.1, 0.15) is 5.82 Å². The lowest BCUT2D eigenvalue weighted by Gasteiger charge is -2.09. The Hall–Kier alpha value is -1.88. The molecule has 0 unspecified atom stereocenters. The van der Waals surface area contributed by atoms with Crippen LogP contribution in [0, 0.1) is 5.82 Å². The third-order valence-corrected chi connectivity index (χ3v) is 3.08. The van der Waals surface area contributed by atoms with Crippen molar-refractivity contribution < 1.29 is 4.39 Å². The van der Waals surface area contributed by atoms with Crippen molar-refractivity contribution in [1.82, 2.24) is 9.88 Å². The minimum atomic E-state index is -0.300. The van der Waals surface area contributed by atoms with Gasteiger partial charge in [0, 0.05) is 26.0 Å². The summed E-state index contributed by atoms with van der Waals surface area (Å²) < 4.78 is 14.6. The molecule has 3 nitrogen and oxygen atoms in total. The van der Waals surface area contributed by atoms with Crippen LogP contribution < -0.4 is 5.32 Å². The van der Waals surface area contributed by atoms with Crippen molar-refractivity contribution >= 4 is 27.2 Å². The highest BCUT2D eigenvalue weighted by Crippen LogP contribution is 2.25. The number of thiazole rings is 1. The van der Waals surface area contributed by atoms with Gasteiger partial charge in [0.25, 0.3) is 0 Å². The van der Waals surface area contributed by atoms with Crippen molar-refractivity contribution in [3.8, 4) is 0 Å². The van der Waals surface area contributed by atoms with E-state index in [0.29, 0.717) is 11.4 Å². The highest BCUT2D eigenvalue weighted by Gasteiger charge is 2.06. The van der Waals surface area contributed by atoms with E-state index in [1.807, 2.05) is 25.2 Å². The Kier molecular flexibility index (Phi) is 3.62. The number of aromatic nitrogens is 1.